The van der Waals surface area contributed by atoms with E-state index in [-0.39, 0.29) is 0 Å². The number of carboxylic acid groups (broad SMARTS) is 1. The molecule has 0 aromatic carbocycles. The summed E-state index contributed by atoms with van der Waals surface area (Å²) in [5, 5.41) is 8.67. The third kappa shape index (κ3) is 6720. The average molecular weight is 146 g/mol. The van der Waals surface area contributed by atoms with Gasteiger partial charge in [0.1, 0.15) is 0 Å². The van der Waals surface area contributed by atoms with E-state index in [4.69, 9.17) is 14.1 Å². The van der Waals surface area contributed by atoms with Gasteiger partial charge in [0.2, 0.25) is 0 Å². The molecule has 0 fully saturated rings. The zero-order valence-corrected chi connectivity index (χ0v) is 6.97. The summed E-state index contributed by atoms with van der Waals surface area (Å²) in [5.41, 5.74) is 0. The monoisotopic (exact) mass is 146 g/mol. The van der Waals surface area contributed by atoms with Gasteiger partial charge in [0, 0.05) is 6.92 Å². The Morgan fingerprint density at radius 2 is 1.67 bits per heavy atom. The van der Waals surface area contributed by atoms with Crippen molar-refractivity contribution in [3.63, 3.8) is 0 Å². The fraction of sp³-hybridized carbons (Fsp3) is 0.750. The van der Waals surface area contributed by atoms with Gasteiger partial charge in [-0.1, -0.05) is 0 Å². The summed E-state index contributed by atoms with van der Waals surface area (Å²) >= 11 is 3.85. The second-order valence-corrected chi connectivity index (χ2v) is 1.23. The molecule has 0 spiro atoms. The number of hydrogen-bond donors (Lipinski definition) is 1. The zero-order chi connectivity index (χ0) is 8.28. The summed E-state index contributed by atoms with van der Waals surface area (Å²) in [6.45, 7) is 3.21. The van der Waals surface area contributed by atoms with Crippen LogP contribution in [0.15, 0.2) is 0 Å². The first kappa shape index (κ1) is 16.1. The van der Waals surface area contributed by atoms with Gasteiger partial charge in [-0.3, -0.25) is 9.00 Å². The Balaban J connectivity index is -0.0000000646. The van der Waals surface area contributed by atoms with Gasteiger partial charge in [-0.05, 0) is 12.5 Å². The summed E-state index contributed by atoms with van der Waals surface area (Å²) < 4.78 is 8.06. The van der Waals surface area contributed by atoms with E-state index in [1.165, 1.54) is 5.09 Å². The molecule has 0 radical (unpaired) electrons. The normalized spacial score (nSPS) is 5.44. The first-order valence-electron chi connectivity index (χ1n) is 2.55. The van der Waals surface area contributed by atoms with E-state index in [1.807, 2.05) is 0 Å². The van der Waals surface area contributed by atoms with Gasteiger partial charge >= 0.3 is 29.7 Å². The number of aliphatic carboxylic acids is 1. The third-order valence-corrected chi connectivity index (χ3v) is 0. The van der Waals surface area contributed by atoms with Crippen molar-refractivity contribution in [1.82, 2.24) is 0 Å². The molecule has 0 saturated heterocycles. The van der Waals surface area contributed by atoms with E-state index < -0.39 is 5.97 Å². The van der Waals surface area contributed by atoms with Crippen LogP contribution in [0.5, 0.6) is 0 Å². The summed E-state index contributed by atoms with van der Waals surface area (Å²) in [6, 6.07) is 0. The van der Waals surface area contributed by atoms with Gasteiger partial charge < -0.3 is 5.11 Å². The topological polar surface area (TPSA) is 54.4 Å². The standard InChI is InChI=1S/C2H4O2.C2H5.Li.H2OS/c1-2(3)4;1-2;;1-2/h1H3,(H,3,4);1H2,2H3;;2H2. The molecule has 9 heavy (non-hydrogen) atoms. The van der Waals surface area contributed by atoms with Crippen LogP contribution < -0.4 is 0 Å². The molecule has 0 aliphatic carbocycles. The van der Waals surface area contributed by atoms with Crippen LogP contribution in [-0.2, 0) is 17.3 Å². The van der Waals surface area contributed by atoms with E-state index in [1.54, 1.807) is 12.5 Å². The molecule has 1 N–H and O–H groups in total. The van der Waals surface area contributed by atoms with Crippen LogP contribution in [0, 0.1) is 0 Å². The molecule has 0 saturated carbocycles. The summed E-state index contributed by atoms with van der Waals surface area (Å²) in [4.78, 5) is 9.00. The molecule has 52 valence electrons. The number of carboxylic acids is 1. The van der Waals surface area contributed by atoms with Crippen molar-refractivity contribution < 1.29 is 14.1 Å². The molecule has 0 bridgehead atoms. The fourth-order valence-electron chi connectivity index (χ4n) is 0. The molecule has 0 aromatic heterocycles. The minimum atomic E-state index is -0.833. The quantitative estimate of drug-likeness (QED) is 0.482. The number of rotatable bonds is 0. The Morgan fingerprint density at radius 3 is 1.67 bits per heavy atom. The molecular weight excluding hydrogens is 135 g/mol. The van der Waals surface area contributed by atoms with Crippen molar-refractivity contribution in [2.75, 3.05) is 0 Å². The van der Waals surface area contributed by atoms with Crippen LogP contribution >= 0.6 is 0 Å². The predicted octanol–water partition coefficient (Wildman–Crippen LogP) is -0.188. The molecule has 0 aromatic rings. The molecule has 0 rings (SSSR count). The first-order valence-corrected chi connectivity index (χ1v) is 2.95. The van der Waals surface area contributed by atoms with Crippen molar-refractivity contribution in [3.8, 4) is 0 Å². The van der Waals surface area contributed by atoms with Crippen molar-refractivity contribution >= 4 is 36.2 Å². The molecule has 0 amide bonds. The fourth-order valence-corrected chi connectivity index (χ4v) is 0. The third-order valence-electron chi connectivity index (χ3n) is 0. The van der Waals surface area contributed by atoms with Gasteiger partial charge in [-0.25, -0.2) is 0 Å². The van der Waals surface area contributed by atoms with Gasteiger partial charge in [-0.15, -0.1) is 0 Å². The number of carbonyl (C=O) groups is 1. The van der Waals surface area contributed by atoms with Gasteiger partial charge in [0.05, 0.1) is 0 Å². The van der Waals surface area contributed by atoms with Crippen molar-refractivity contribution in [3.05, 3.63) is 0 Å². The molecule has 0 atom stereocenters. The van der Waals surface area contributed by atoms with Gasteiger partial charge in [0.25, 0.3) is 5.97 Å². The van der Waals surface area contributed by atoms with Crippen LogP contribution in [0.25, 0.3) is 0 Å². The van der Waals surface area contributed by atoms with Crippen LogP contribution in [-0.4, -0.2) is 33.0 Å². The molecule has 0 heterocycles. The molecular formula is C4H11LiO3S. The van der Waals surface area contributed by atoms with Crippen LogP contribution in [0.2, 0.25) is 5.09 Å². The maximum atomic E-state index is 9.00. The summed E-state index contributed by atoms with van der Waals surface area (Å²) in [6.07, 6.45) is 0. The number of hydrogen-bond acceptors (Lipinski definition) is 2. The van der Waals surface area contributed by atoms with Crippen LogP contribution in [0.4, 0.5) is 0 Å². The zero-order valence-electron chi connectivity index (χ0n) is 5.97. The Labute approximate surface area is 69.6 Å². The van der Waals surface area contributed by atoms with Gasteiger partial charge in [0.15, 0.2) is 0 Å². The van der Waals surface area contributed by atoms with E-state index in [0.717, 1.165) is 6.92 Å². The molecule has 0 aliphatic rings. The van der Waals surface area contributed by atoms with E-state index in [0.29, 0.717) is 0 Å². The van der Waals surface area contributed by atoms with Gasteiger partial charge in [-0.2, -0.15) is 0 Å². The Kier molecular flexibility index (Phi) is 43.1. The van der Waals surface area contributed by atoms with E-state index in [2.05, 4.69) is 24.6 Å². The molecule has 0 aliphatic heterocycles. The van der Waals surface area contributed by atoms with Crippen molar-refractivity contribution in [2.24, 2.45) is 0 Å². The van der Waals surface area contributed by atoms with Crippen molar-refractivity contribution in [1.29, 1.82) is 0 Å². The predicted molar refractivity (Wildman–Crippen MR) is 40.5 cm³/mol. The average Bonchev–Trinajstić information content (AvgIpc) is 1.71. The SMILES string of the molecule is CC(=O)O.O=[SH2].[Li][CH2]C. The molecule has 5 heteroatoms. The van der Waals surface area contributed by atoms with Crippen LogP contribution in [0.3, 0.4) is 0 Å². The minimum absolute atomic E-state index is 0.833. The van der Waals surface area contributed by atoms with Crippen LogP contribution in [0.1, 0.15) is 13.8 Å². The summed E-state index contributed by atoms with van der Waals surface area (Å²) in [5.74, 6) is -0.833. The Hall–Kier alpha value is 0.217. The first-order chi connectivity index (χ1) is 4.15. The second kappa shape index (κ2) is 24.1. The second-order valence-electron chi connectivity index (χ2n) is 1.23. The Bertz CT molecular complexity index is 55.8. The van der Waals surface area contributed by atoms with Crippen molar-refractivity contribution in [2.45, 2.75) is 18.9 Å². The maximum absolute atomic E-state index is 9.00. The molecule has 0 unspecified atom stereocenters. The van der Waals surface area contributed by atoms with E-state index >= 15 is 0 Å². The summed E-state index contributed by atoms with van der Waals surface area (Å²) in [7, 11) is 0. The molecule has 3 nitrogen and oxygen atoms in total. The Morgan fingerprint density at radius 1 is 1.67 bits per heavy atom. The van der Waals surface area contributed by atoms with E-state index in [9.17, 15) is 0 Å².